The average molecular weight is 464 g/mol. The summed E-state index contributed by atoms with van der Waals surface area (Å²) in [5.74, 6) is -5.77. The lowest BCUT2D eigenvalue weighted by molar-refractivity contribution is 0.417. The lowest BCUT2D eigenvalue weighted by Crippen LogP contribution is -2.39. The third kappa shape index (κ3) is 4.26. The number of benzene rings is 2. The minimum absolute atomic E-state index is 0.103. The molecule has 1 aliphatic rings. The predicted octanol–water partition coefficient (Wildman–Crippen LogP) is 4.92. The molecule has 0 radical (unpaired) electrons. The zero-order chi connectivity index (χ0) is 22.9. The molecule has 9 heteroatoms. The Labute approximate surface area is 185 Å². The minimum Gasteiger partial charge on any atom is -0.384 e. The average Bonchev–Trinajstić information content (AvgIpc) is 2.77. The van der Waals surface area contributed by atoms with Crippen molar-refractivity contribution in [1.82, 2.24) is 4.98 Å². The molecule has 0 saturated carbocycles. The van der Waals surface area contributed by atoms with Crippen molar-refractivity contribution in [2.75, 3.05) is 29.1 Å². The topological polar surface area (TPSA) is 62.3 Å². The van der Waals surface area contributed by atoms with Crippen LogP contribution in [0.3, 0.4) is 0 Å². The summed E-state index contributed by atoms with van der Waals surface area (Å²) in [5, 5.41) is 4.86. The van der Waals surface area contributed by atoms with E-state index in [1.54, 1.807) is 6.07 Å². The van der Waals surface area contributed by atoms with Crippen LogP contribution in [0.25, 0.3) is 10.8 Å². The zero-order valence-corrected chi connectivity index (χ0v) is 18.4. The van der Waals surface area contributed by atoms with Crippen LogP contribution in [-0.2, 0) is 9.84 Å². The molecule has 170 valence electrons. The molecule has 1 fully saturated rings. The number of aromatic nitrogens is 1. The van der Waals surface area contributed by atoms with Gasteiger partial charge in [-0.2, -0.15) is 9.37 Å². The van der Waals surface area contributed by atoms with Gasteiger partial charge in [0.05, 0.1) is 5.75 Å². The van der Waals surface area contributed by atoms with Crippen LogP contribution in [0, 0.1) is 17.6 Å². The quantitative estimate of drug-likeness (QED) is 0.526. The Bertz CT molecular complexity index is 1250. The van der Waals surface area contributed by atoms with Crippen molar-refractivity contribution in [1.29, 1.82) is 0 Å². The number of anilines is 2. The molecule has 1 aliphatic heterocycles. The first-order valence-corrected chi connectivity index (χ1v) is 12.2. The van der Waals surface area contributed by atoms with Crippen LogP contribution in [0.2, 0.25) is 0 Å². The number of rotatable bonds is 6. The maximum atomic E-state index is 15.2. The third-order valence-electron chi connectivity index (χ3n) is 5.84. The number of fused-ring (bicyclic) bond motifs is 1. The normalized spacial score (nSPS) is 17.0. The van der Waals surface area contributed by atoms with Gasteiger partial charge >= 0.3 is 0 Å². The Kier molecular flexibility index (Phi) is 6.28. The van der Waals surface area contributed by atoms with Gasteiger partial charge in [0.2, 0.25) is 0 Å². The van der Waals surface area contributed by atoms with Crippen LogP contribution in [0.15, 0.2) is 47.4 Å². The van der Waals surface area contributed by atoms with Gasteiger partial charge in [-0.1, -0.05) is 36.4 Å². The number of piperidine rings is 1. The summed E-state index contributed by atoms with van der Waals surface area (Å²) in [4.78, 5) is 3.67. The van der Waals surface area contributed by atoms with Gasteiger partial charge in [-0.25, -0.2) is 17.2 Å². The molecule has 3 aromatic rings. The summed E-state index contributed by atoms with van der Waals surface area (Å²) in [7, 11) is -4.47. The fourth-order valence-corrected chi connectivity index (χ4v) is 5.46. The second kappa shape index (κ2) is 8.97. The Balaban J connectivity index is 1.60. The van der Waals surface area contributed by atoms with Gasteiger partial charge in [0.1, 0.15) is 4.90 Å². The van der Waals surface area contributed by atoms with Crippen molar-refractivity contribution >= 4 is 32.1 Å². The van der Waals surface area contributed by atoms with Gasteiger partial charge in [0.15, 0.2) is 27.3 Å². The molecule has 1 N–H and O–H groups in total. The van der Waals surface area contributed by atoms with Crippen LogP contribution >= 0.6 is 0 Å². The molecule has 1 atom stereocenters. The number of hydrogen-bond donors (Lipinski definition) is 1. The highest BCUT2D eigenvalue weighted by atomic mass is 32.2. The third-order valence-corrected chi connectivity index (χ3v) is 7.56. The van der Waals surface area contributed by atoms with E-state index < -0.39 is 43.9 Å². The second-order valence-electron chi connectivity index (χ2n) is 7.99. The SMILES string of the molecule is CC1CCCCN1c1nc(F)c(F)c(S(=O)(=O)CCNc2cccc3ccccc23)c1F. The van der Waals surface area contributed by atoms with E-state index in [1.807, 2.05) is 43.3 Å². The monoisotopic (exact) mass is 463 g/mol. The van der Waals surface area contributed by atoms with E-state index in [9.17, 15) is 17.2 Å². The van der Waals surface area contributed by atoms with E-state index in [-0.39, 0.29) is 12.6 Å². The van der Waals surface area contributed by atoms with Crippen LogP contribution in [0.5, 0.6) is 0 Å². The van der Waals surface area contributed by atoms with E-state index in [0.29, 0.717) is 12.2 Å². The number of pyridine rings is 1. The van der Waals surface area contributed by atoms with Crippen molar-refractivity contribution in [3.63, 3.8) is 0 Å². The van der Waals surface area contributed by atoms with Crippen molar-refractivity contribution in [3.8, 4) is 0 Å². The molecule has 0 aliphatic carbocycles. The Hall–Kier alpha value is -2.81. The molecule has 2 heterocycles. The maximum absolute atomic E-state index is 15.2. The fourth-order valence-electron chi connectivity index (χ4n) is 4.16. The highest BCUT2D eigenvalue weighted by Crippen LogP contribution is 2.32. The molecule has 32 heavy (non-hydrogen) atoms. The molecule has 1 aromatic heterocycles. The first-order chi connectivity index (χ1) is 15.3. The van der Waals surface area contributed by atoms with E-state index in [0.717, 1.165) is 30.0 Å². The van der Waals surface area contributed by atoms with Crippen molar-refractivity contribution < 1.29 is 21.6 Å². The molecule has 1 unspecified atom stereocenters. The van der Waals surface area contributed by atoms with Gasteiger partial charge in [-0.15, -0.1) is 0 Å². The summed E-state index contributed by atoms with van der Waals surface area (Å²) in [6, 6.07) is 12.9. The lowest BCUT2D eigenvalue weighted by atomic mass is 10.0. The van der Waals surface area contributed by atoms with Crippen LogP contribution < -0.4 is 10.2 Å². The number of nitrogens with one attached hydrogen (secondary N) is 1. The highest BCUT2D eigenvalue weighted by molar-refractivity contribution is 7.91. The van der Waals surface area contributed by atoms with Crippen molar-refractivity contribution in [3.05, 3.63) is 60.0 Å². The van der Waals surface area contributed by atoms with Crippen LogP contribution in [0.1, 0.15) is 26.2 Å². The van der Waals surface area contributed by atoms with Crippen molar-refractivity contribution in [2.45, 2.75) is 37.1 Å². The molecule has 1 saturated heterocycles. The van der Waals surface area contributed by atoms with Crippen molar-refractivity contribution in [2.24, 2.45) is 0 Å². The number of hydrogen-bond acceptors (Lipinski definition) is 5. The van der Waals surface area contributed by atoms with Gasteiger partial charge < -0.3 is 10.2 Å². The van der Waals surface area contributed by atoms with E-state index in [2.05, 4.69) is 10.3 Å². The van der Waals surface area contributed by atoms with Gasteiger partial charge in [-0.05, 0) is 37.6 Å². The number of halogens is 3. The first kappa shape index (κ1) is 22.4. The zero-order valence-electron chi connectivity index (χ0n) is 17.6. The first-order valence-electron chi connectivity index (χ1n) is 10.5. The summed E-state index contributed by atoms with van der Waals surface area (Å²) >= 11 is 0. The summed E-state index contributed by atoms with van der Waals surface area (Å²) in [6.45, 7) is 2.12. The molecule has 0 spiro atoms. The van der Waals surface area contributed by atoms with E-state index in [1.165, 1.54) is 4.90 Å². The van der Waals surface area contributed by atoms with Gasteiger partial charge in [0.25, 0.3) is 5.95 Å². The predicted molar refractivity (Wildman–Crippen MR) is 119 cm³/mol. The molecule has 0 amide bonds. The number of nitrogens with zero attached hydrogens (tertiary/aromatic N) is 2. The molecule has 2 aromatic carbocycles. The standard InChI is InChI=1S/C23H24F3N3O2S/c1-15-7-4-5-13-29(15)23-20(25)21(19(24)22(26)28-23)32(30,31)14-12-27-18-11-6-9-16-8-2-3-10-17(16)18/h2-3,6,8-11,15,27H,4-5,7,12-14H2,1H3. The fraction of sp³-hybridized carbons (Fsp3) is 0.348. The van der Waals surface area contributed by atoms with E-state index in [4.69, 9.17) is 0 Å². The Morgan fingerprint density at radius 1 is 1.06 bits per heavy atom. The Morgan fingerprint density at radius 3 is 2.59 bits per heavy atom. The minimum atomic E-state index is -4.47. The number of sulfone groups is 1. The molecule has 5 nitrogen and oxygen atoms in total. The molecular weight excluding hydrogens is 439 g/mol. The largest absolute Gasteiger partial charge is 0.384 e. The summed E-state index contributed by atoms with van der Waals surface area (Å²) < 4.78 is 69.6. The van der Waals surface area contributed by atoms with Gasteiger partial charge in [0, 0.05) is 30.2 Å². The second-order valence-corrected chi connectivity index (χ2v) is 10.0. The molecule has 4 rings (SSSR count). The molecule has 0 bridgehead atoms. The maximum Gasteiger partial charge on any atom is 0.252 e. The lowest BCUT2D eigenvalue weighted by Gasteiger charge is -2.34. The Morgan fingerprint density at radius 2 is 1.81 bits per heavy atom. The molecular formula is C23H24F3N3O2S. The summed E-state index contributed by atoms with van der Waals surface area (Å²) in [6.07, 6.45) is 2.40. The van der Waals surface area contributed by atoms with Crippen LogP contribution in [-0.4, -0.2) is 38.3 Å². The van der Waals surface area contributed by atoms with Gasteiger partial charge in [-0.3, -0.25) is 0 Å². The van der Waals surface area contributed by atoms with E-state index >= 15 is 4.39 Å². The summed E-state index contributed by atoms with van der Waals surface area (Å²) in [5.41, 5.74) is 0.697. The van der Waals surface area contributed by atoms with Crippen LogP contribution in [0.4, 0.5) is 24.7 Å². The smallest absolute Gasteiger partial charge is 0.252 e. The highest BCUT2D eigenvalue weighted by Gasteiger charge is 2.33.